The number of aliphatic carboxylic acids is 1. The van der Waals surface area contributed by atoms with E-state index in [0.717, 1.165) is 19.2 Å². The van der Waals surface area contributed by atoms with Crippen LogP contribution < -0.4 is 0 Å². The molecule has 20 heavy (non-hydrogen) atoms. The smallest absolute Gasteiger partial charge is 0.317 e. The highest BCUT2D eigenvalue weighted by molar-refractivity contribution is 5.69. The lowest BCUT2D eigenvalue weighted by atomic mass is 10.0. The first kappa shape index (κ1) is 14.7. The van der Waals surface area contributed by atoms with Crippen molar-refractivity contribution in [1.29, 1.82) is 0 Å². The molecule has 2 N–H and O–H groups in total. The Labute approximate surface area is 117 Å². The fourth-order valence-corrected chi connectivity index (χ4v) is 2.57. The molecule has 2 rings (SSSR count). The summed E-state index contributed by atoms with van der Waals surface area (Å²) in [5, 5.41) is 18.6. The Morgan fingerprint density at radius 1 is 1.35 bits per heavy atom. The molecule has 1 aromatic rings. The Balaban J connectivity index is 1.97. The molecular weight excluding hydrogens is 263 g/mol. The fourth-order valence-electron chi connectivity index (χ4n) is 2.57. The van der Waals surface area contributed by atoms with Gasteiger partial charge in [-0.3, -0.25) is 14.6 Å². The lowest BCUT2D eigenvalue weighted by Crippen LogP contribution is -2.48. The van der Waals surface area contributed by atoms with Crippen molar-refractivity contribution in [2.75, 3.05) is 32.7 Å². The van der Waals surface area contributed by atoms with Gasteiger partial charge in [0.15, 0.2) is 0 Å². The Bertz CT molecular complexity index is 487. The van der Waals surface area contributed by atoms with E-state index in [0.29, 0.717) is 18.7 Å². The van der Waals surface area contributed by atoms with Crippen molar-refractivity contribution >= 4 is 5.97 Å². The van der Waals surface area contributed by atoms with Crippen LogP contribution in [0.25, 0.3) is 0 Å². The number of nitrogens with zero attached hydrogens (tertiary/aromatic N) is 2. The van der Waals surface area contributed by atoms with Crippen molar-refractivity contribution in [2.24, 2.45) is 0 Å². The maximum atomic E-state index is 13.0. The highest BCUT2D eigenvalue weighted by Gasteiger charge is 2.24. The summed E-state index contributed by atoms with van der Waals surface area (Å²) in [5.41, 5.74) is 0.693. The third-order valence-corrected chi connectivity index (χ3v) is 3.76. The average Bonchev–Trinajstić information content (AvgIpc) is 2.38. The number of carboxylic acid groups (broad SMARTS) is 1. The van der Waals surface area contributed by atoms with Crippen molar-refractivity contribution < 1.29 is 19.4 Å². The van der Waals surface area contributed by atoms with Gasteiger partial charge in [0.2, 0.25) is 0 Å². The van der Waals surface area contributed by atoms with Gasteiger partial charge in [0, 0.05) is 43.9 Å². The van der Waals surface area contributed by atoms with E-state index in [9.17, 15) is 14.3 Å². The number of aromatic hydroxyl groups is 1. The summed E-state index contributed by atoms with van der Waals surface area (Å²) in [5.74, 6) is -1.31. The minimum absolute atomic E-state index is 0.0254. The number of hydrogen-bond donors (Lipinski definition) is 2. The molecule has 0 amide bonds. The van der Waals surface area contributed by atoms with E-state index < -0.39 is 11.8 Å². The van der Waals surface area contributed by atoms with E-state index in [-0.39, 0.29) is 18.3 Å². The Hall–Kier alpha value is -1.66. The van der Waals surface area contributed by atoms with Gasteiger partial charge in [-0.05, 0) is 13.0 Å². The molecule has 0 aliphatic carbocycles. The van der Waals surface area contributed by atoms with Gasteiger partial charge in [0.05, 0.1) is 6.54 Å². The molecule has 5 nitrogen and oxygen atoms in total. The molecule has 1 atom stereocenters. The molecule has 1 aliphatic rings. The third kappa shape index (κ3) is 3.46. The van der Waals surface area contributed by atoms with Crippen LogP contribution in [0.4, 0.5) is 4.39 Å². The van der Waals surface area contributed by atoms with E-state index in [4.69, 9.17) is 5.11 Å². The van der Waals surface area contributed by atoms with E-state index in [1.54, 1.807) is 6.07 Å². The molecule has 1 aliphatic heterocycles. The molecule has 0 radical (unpaired) electrons. The molecular formula is C14H19FN2O3. The second kappa shape index (κ2) is 6.19. The number of rotatable bonds is 4. The Morgan fingerprint density at radius 2 is 2.00 bits per heavy atom. The second-order valence-corrected chi connectivity index (χ2v) is 5.08. The van der Waals surface area contributed by atoms with Gasteiger partial charge < -0.3 is 10.2 Å². The monoisotopic (exact) mass is 282 g/mol. The zero-order valence-electron chi connectivity index (χ0n) is 11.4. The quantitative estimate of drug-likeness (QED) is 0.871. The molecule has 0 saturated carbocycles. The molecule has 0 bridgehead atoms. The van der Waals surface area contributed by atoms with E-state index in [1.165, 1.54) is 6.07 Å². The molecule has 1 heterocycles. The summed E-state index contributed by atoms with van der Waals surface area (Å²) >= 11 is 0. The molecule has 0 aromatic heterocycles. The predicted molar refractivity (Wildman–Crippen MR) is 72.1 cm³/mol. The largest absolute Gasteiger partial charge is 0.508 e. The number of carboxylic acids is 1. The van der Waals surface area contributed by atoms with Crippen LogP contribution in [-0.4, -0.2) is 58.7 Å². The number of phenolic OH excluding ortho intramolecular Hbond substituents is 1. The molecule has 1 aromatic carbocycles. The number of phenols is 1. The number of hydrogen-bond acceptors (Lipinski definition) is 4. The van der Waals surface area contributed by atoms with Crippen molar-refractivity contribution in [1.82, 2.24) is 9.80 Å². The molecule has 110 valence electrons. The van der Waals surface area contributed by atoms with Crippen LogP contribution in [0.1, 0.15) is 18.5 Å². The number of carbonyl (C=O) groups is 1. The highest BCUT2D eigenvalue weighted by atomic mass is 19.1. The third-order valence-electron chi connectivity index (χ3n) is 3.76. The van der Waals surface area contributed by atoms with Crippen LogP contribution in [0.15, 0.2) is 18.2 Å². The first-order chi connectivity index (χ1) is 9.47. The van der Waals surface area contributed by atoms with Gasteiger partial charge in [-0.15, -0.1) is 0 Å². The van der Waals surface area contributed by atoms with Crippen molar-refractivity contribution in [3.05, 3.63) is 29.6 Å². The summed E-state index contributed by atoms with van der Waals surface area (Å²) in [4.78, 5) is 14.7. The summed E-state index contributed by atoms with van der Waals surface area (Å²) in [6, 6.07) is 4.03. The summed E-state index contributed by atoms with van der Waals surface area (Å²) < 4.78 is 13.0. The number of piperazine rings is 1. The van der Waals surface area contributed by atoms with Gasteiger partial charge in [-0.1, -0.05) is 6.07 Å². The second-order valence-electron chi connectivity index (χ2n) is 5.08. The number of halogens is 1. The molecule has 6 heteroatoms. The number of benzene rings is 1. The topological polar surface area (TPSA) is 64.0 Å². The summed E-state index contributed by atoms with van der Waals surface area (Å²) in [6.07, 6.45) is 0. The molecule has 1 saturated heterocycles. The normalized spacial score (nSPS) is 18.9. The Kier molecular flexibility index (Phi) is 4.57. The first-order valence-corrected chi connectivity index (χ1v) is 6.64. The van der Waals surface area contributed by atoms with Gasteiger partial charge in [-0.25, -0.2) is 4.39 Å². The predicted octanol–water partition coefficient (Wildman–Crippen LogP) is 1.29. The zero-order valence-corrected chi connectivity index (χ0v) is 11.4. The Morgan fingerprint density at radius 3 is 2.55 bits per heavy atom. The molecule has 1 fully saturated rings. The van der Waals surface area contributed by atoms with Crippen LogP contribution >= 0.6 is 0 Å². The van der Waals surface area contributed by atoms with E-state index in [1.807, 2.05) is 11.8 Å². The van der Waals surface area contributed by atoms with Gasteiger partial charge in [-0.2, -0.15) is 0 Å². The SMILES string of the molecule is CC(c1ccc(F)cc1O)N1CCN(CC(=O)O)CC1. The lowest BCUT2D eigenvalue weighted by Gasteiger charge is -2.37. The maximum Gasteiger partial charge on any atom is 0.317 e. The van der Waals surface area contributed by atoms with E-state index in [2.05, 4.69) is 4.90 Å². The van der Waals surface area contributed by atoms with Gasteiger partial charge >= 0.3 is 5.97 Å². The summed E-state index contributed by atoms with van der Waals surface area (Å²) in [7, 11) is 0. The van der Waals surface area contributed by atoms with Crippen LogP contribution in [0, 0.1) is 5.82 Å². The average molecular weight is 282 g/mol. The van der Waals surface area contributed by atoms with Crippen LogP contribution in [0.2, 0.25) is 0 Å². The van der Waals surface area contributed by atoms with Crippen molar-refractivity contribution in [3.63, 3.8) is 0 Å². The van der Waals surface area contributed by atoms with Crippen LogP contribution in [-0.2, 0) is 4.79 Å². The highest BCUT2D eigenvalue weighted by Crippen LogP contribution is 2.29. The molecule has 0 spiro atoms. The lowest BCUT2D eigenvalue weighted by molar-refractivity contribution is -0.138. The fraction of sp³-hybridized carbons (Fsp3) is 0.500. The minimum atomic E-state index is -0.817. The maximum absolute atomic E-state index is 13.0. The summed E-state index contributed by atoms with van der Waals surface area (Å²) in [6.45, 7) is 4.83. The van der Waals surface area contributed by atoms with Crippen molar-refractivity contribution in [2.45, 2.75) is 13.0 Å². The van der Waals surface area contributed by atoms with Gasteiger partial charge in [0.25, 0.3) is 0 Å². The first-order valence-electron chi connectivity index (χ1n) is 6.64. The van der Waals surface area contributed by atoms with Crippen LogP contribution in [0.3, 0.4) is 0 Å². The minimum Gasteiger partial charge on any atom is -0.508 e. The van der Waals surface area contributed by atoms with Crippen molar-refractivity contribution in [3.8, 4) is 5.75 Å². The zero-order chi connectivity index (χ0) is 14.7. The van der Waals surface area contributed by atoms with Gasteiger partial charge in [0.1, 0.15) is 11.6 Å². The molecule has 1 unspecified atom stereocenters. The standard InChI is InChI=1S/C14H19FN2O3/c1-10(12-3-2-11(15)8-13(12)18)17-6-4-16(5-7-17)9-14(19)20/h2-3,8,10,18H,4-7,9H2,1H3,(H,19,20). The van der Waals surface area contributed by atoms with E-state index >= 15 is 0 Å². The van der Waals surface area contributed by atoms with Crippen LogP contribution in [0.5, 0.6) is 5.75 Å².